The monoisotopic (exact) mass is 363 g/mol. The van der Waals surface area contributed by atoms with Crippen molar-refractivity contribution in [3.63, 3.8) is 0 Å². The Morgan fingerprint density at radius 1 is 1.00 bits per heavy atom. The smallest absolute Gasteiger partial charge is 0.338 e. The molecule has 0 aliphatic carbocycles. The van der Waals surface area contributed by atoms with Gasteiger partial charge >= 0.3 is 5.97 Å². The number of halogens is 4. The van der Waals surface area contributed by atoms with E-state index in [0.717, 1.165) is 0 Å². The first kappa shape index (κ1) is 16.2. The Morgan fingerprint density at radius 2 is 1.71 bits per heavy atom. The highest BCUT2D eigenvalue weighted by molar-refractivity contribution is 6.44. The van der Waals surface area contributed by atoms with Gasteiger partial charge in [-0.1, -0.05) is 52.5 Å². The lowest BCUT2D eigenvalue weighted by Crippen LogP contribution is -2.06. The van der Waals surface area contributed by atoms with Crippen molar-refractivity contribution in [3.05, 3.63) is 61.5 Å². The normalized spacial score (nSPS) is 10.5. The van der Waals surface area contributed by atoms with Crippen molar-refractivity contribution in [3.8, 4) is 0 Å². The average molecular weight is 365 g/mol. The summed E-state index contributed by atoms with van der Waals surface area (Å²) >= 11 is 23.4. The van der Waals surface area contributed by atoms with Crippen LogP contribution in [-0.4, -0.2) is 5.97 Å². The van der Waals surface area contributed by atoms with E-state index in [1.807, 2.05) is 0 Å². The fourth-order valence-electron chi connectivity index (χ4n) is 1.59. The molecule has 0 bridgehead atoms. The molecule has 0 fully saturated rings. The van der Waals surface area contributed by atoms with E-state index in [1.165, 1.54) is 12.1 Å². The van der Waals surface area contributed by atoms with Crippen LogP contribution in [0.3, 0.4) is 0 Å². The molecule has 3 nitrogen and oxygen atoms in total. The van der Waals surface area contributed by atoms with Crippen LogP contribution in [0.5, 0.6) is 0 Å². The van der Waals surface area contributed by atoms with Crippen LogP contribution in [0.1, 0.15) is 15.9 Å². The van der Waals surface area contributed by atoms with E-state index in [9.17, 15) is 4.79 Å². The van der Waals surface area contributed by atoms with Crippen molar-refractivity contribution in [2.75, 3.05) is 5.73 Å². The number of rotatable bonds is 3. The highest BCUT2D eigenvalue weighted by Crippen LogP contribution is 2.30. The molecular weight excluding hydrogens is 356 g/mol. The van der Waals surface area contributed by atoms with Crippen LogP contribution in [0.2, 0.25) is 20.1 Å². The molecular formula is C14H9Cl4NO2. The van der Waals surface area contributed by atoms with E-state index in [2.05, 4.69) is 0 Å². The van der Waals surface area contributed by atoms with Gasteiger partial charge in [0.15, 0.2) is 0 Å². The molecule has 7 heteroatoms. The van der Waals surface area contributed by atoms with Crippen LogP contribution >= 0.6 is 46.4 Å². The third-order valence-corrected chi connectivity index (χ3v) is 4.20. The van der Waals surface area contributed by atoms with Crippen LogP contribution in [-0.2, 0) is 11.3 Å². The van der Waals surface area contributed by atoms with Gasteiger partial charge in [-0.15, -0.1) is 0 Å². The van der Waals surface area contributed by atoms with Gasteiger partial charge in [0, 0.05) is 0 Å². The summed E-state index contributed by atoms with van der Waals surface area (Å²) < 4.78 is 5.16. The minimum atomic E-state index is -0.564. The number of nitrogen functional groups attached to an aromatic ring is 1. The van der Waals surface area contributed by atoms with Gasteiger partial charge in [-0.25, -0.2) is 4.79 Å². The van der Waals surface area contributed by atoms with Crippen LogP contribution in [0.25, 0.3) is 0 Å². The van der Waals surface area contributed by atoms with Gasteiger partial charge in [0.1, 0.15) is 6.61 Å². The molecule has 0 heterocycles. The Morgan fingerprint density at radius 3 is 2.33 bits per heavy atom. The number of hydrogen-bond acceptors (Lipinski definition) is 3. The fourth-order valence-corrected chi connectivity index (χ4v) is 2.25. The number of ether oxygens (including phenoxy) is 1. The van der Waals surface area contributed by atoms with Crippen molar-refractivity contribution in [2.24, 2.45) is 0 Å². The van der Waals surface area contributed by atoms with Crippen LogP contribution < -0.4 is 5.73 Å². The SMILES string of the molecule is Nc1cc(C(=O)OCc2ccc(Cl)c(Cl)c2)cc(Cl)c1Cl. The highest BCUT2D eigenvalue weighted by atomic mass is 35.5. The Kier molecular flexibility index (Phi) is 5.22. The van der Waals surface area contributed by atoms with Gasteiger partial charge in [0.05, 0.1) is 31.3 Å². The summed E-state index contributed by atoms with van der Waals surface area (Å²) in [5.74, 6) is -0.564. The standard InChI is InChI=1S/C14H9Cl4NO2/c15-9-2-1-7(3-10(9)16)6-21-14(20)8-4-11(17)13(18)12(19)5-8/h1-5H,6,19H2. The maximum Gasteiger partial charge on any atom is 0.338 e. The number of hydrogen-bond donors (Lipinski definition) is 1. The summed E-state index contributed by atoms with van der Waals surface area (Å²) in [6.45, 7) is 0.0515. The Bertz CT molecular complexity index is 680. The van der Waals surface area contributed by atoms with E-state index in [1.54, 1.807) is 18.2 Å². The third-order valence-electron chi connectivity index (χ3n) is 2.65. The fraction of sp³-hybridized carbons (Fsp3) is 0.0714. The Labute approximate surface area is 141 Å². The van der Waals surface area contributed by atoms with Crippen molar-refractivity contribution >= 4 is 58.1 Å². The zero-order chi connectivity index (χ0) is 15.6. The first-order valence-corrected chi connectivity index (χ1v) is 7.25. The molecule has 0 spiro atoms. The predicted octanol–water partition coefficient (Wildman–Crippen LogP) is 5.24. The number of carbonyl (C=O) groups is 1. The van der Waals surface area contributed by atoms with Gasteiger partial charge in [-0.05, 0) is 29.8 Å². The lowest BCUT2D eigenvalue weighted by molar-refractivity contribution is 0.0473. The average Bonchev–Trinajstić information content (AvgIpc) is 2.45. The summed E-state index contributed by atoms with van der Waals surface area (Å²) in [4.78, 5) is 11.9. The second-order valence-corrected chi connectivity index (χ2v) is 5.79. The van der Waals surface area contributed by atoms with Gasteiger partial charge in [0.2, 0.25) is 0 Å². The van der Waals surface area contributed by atoms with Gasteiger partial charge in [-0.2, -0.15) is 0 Å². The first-order chi connectivity index (χ1) is 9.88. The van der Waals surface area contributed by atoms with Crippen molar-refractivity contribution in [2.45, 2.75) is 6.61 Å². The molecule has 0 aromatic heterocycles. The summed E-state index contributed by atoms with van der Waals surface area (Å²) in [5, 5.41) is 1.23. The van der Waals surface area contributed by atoms with E-state index in [4.69, 9.17) is 56.9 Å². The van der Waals surface area contributed by atoms with Gasteiger partial charge in [-0.3, -0.25) is 0 Å². The molecule has 0 radical (unpaired) electrons. The van der Waals surface area contributed by atoms with E-state index >= 15 is 0 Å². The molecule has 0 aliphatic heterocycles. The number of esters is 1. The lowest BCUT2D eigenvalue weighted by Gasteiger charge is -2.08. The molecule has 2 aromatic rings. The number of benzene rings is 2. The Hall–Kier alpha value is -1.13. The van der Waals surface area contributed by atoms with Crippen molar-refractivity contribution < 1.29 is 9.53 Å². The quantitative estimate of drug-likeness (QED) is 0.598. The minimum Gasteiger partial charge on any atom is -0.457 e. The highest BCUT2D eigenvalue weighted by Gasteiger charge is 2.13. The van der Waals surface area contributed by atoms with Crippen LogP contribution in [0, 0.1) is 0 Å². The van der Waals surface area contributed by atoms with Crippen LogP contribution in [0.4, 0.5) is 5.69 Å². The molecule has 2 N–H and O–H groups in total. The van der Waals surface area contributed by atoms with Crippen molar-refractivity contribution in [1.82, 2.24) is 0 Å². The molecule has 0 saturated carbocycles. The summed E-state index contributed by atoms with van der Waals surface area (Å²) in [5.41, 5.74) is 6.80. The summed E-state index contributed by atoms with van der Waals surface area (Å²) in [7, 11) is 0. The zero-order valence-electron chi connectivity index (χ0n) is 10.5. The zero-order valence-corrected chi connectivity index (χ0v) is 13.5. The molecule has 0 atom stereocenters. The number of nitrogens with two attached hydrogens (primary N) is 1. The van der Waals surface area contributed by atoms with Gasteiger partial charge in [0.25, 0.3) is 0 Å². The molecule has 0 unspecified atom stereocenters. The van der Waals surface area contributed by atoms with E-state index < -0.39 is 5.97 Å². The second-order valence-electron chi connectivity index (χ2n) is 4.19. The largest absolute Gasteiger partial charge is 0.457 e. The maximum atomic E-state index is 11.9. The maximum absolute atomic E-state index is 11.9. The first-order valence-electron chi connectivity index (χ1n) is 5.74. The van der Waals surface area contributed by atoms with Crippen LogP contribution in [0.15, 0.2) is 30.3 Å². The topological polar surface area (TPSA) is 52.3 Å². The summed E-state index contributed by atoms with van der Waals surface area (Å²) in [6.07, 6.45) is 0. The number of carbonyl (C=O) groups excluding carboxylic acids is 1. The molecule has 0 amide bonds. The van der Waals surface area contributed by atoms with Gasteiger partial charge < -0.3 is 10.5 Å². The molecule has 21 heavy (non-hydrogen) atoms. The molecule has 110 valence electrons. The minimum absolute atomic E-state index is 0.0515. The number of anilines is 1. The predicted molar refractivity (Wildman–Crippen MR) is 86.5 cm³/mol. The van der Waals surface area contributed by atoms with E-state index in [0.29, 0.717) is 15.6 Å². The lowest BCUT2D eigenvalue weighted by atomic mass is 10.2. The molecule has 0 saturated heterocycles. The summed E-state index contributed by atoms with van der Waals surface area (Å²) in [6, 6.07) is 7.78. The van der Waals surface area contributed by atoms with Crippen molar-refractivity contribution in [1.29, 1.82) is 0 Å². The second kappa shape index (κ2) is 6.75. The van der Waals surface area contributed by atoms with E-state index in [-0.39, 0.29) is 27.9 Å². The molecule has 2 rings (SSSR count). The molecule has 2 aromatic carbocycles. The third kappa shape index (κ3) is 3.95. The molecule has 0 aliphatic rings. The Balaban J connectivity index is 2.10.